The third-order valence-corrected chi connectivity index (χ3v) is 5.14. The molecule has 112 valence electrons. The maximum absolute atomic E-state index is 3.70. The van der Waals surface area contributed by atoms with Crippen molar-refractivity contribution in [2.24, 2.45) is 0 Å². The Balaban J connectivity index is 2.30. The van der Waals surface area contributed by atoms with Crippen molar-refractivity contribution in [1.29, 1.82) is 0 Å². The minimum atomic E-state index is 0.357. The van der Waals surface area contributed by atoms with E-state index in [1.807, 2.05) is 0 Å². The largest absolute Gasteiger partial charge is 0.310 e. The van der Waals surface area contributed by atoms with E-state index in [-0.39, 0.29) is 0 Å². The van der Waals surface area contributed by atoms with Crippen molar-refractivity contribution in [2.45, 2.75) is 32.7 Å². The molecule has 2 aromatic rings. The summed E-state index contributed by atoms with van der Waals surface area (Å²) < 4.78 is 2.46. The first-order chi connectivity index (χ1) is 10.1. The molecule has 0 saturated heterocycles. The van der Waals surface area contributed by atoms with Crippen molar-refractivity contribution in [1.82, 2.24) is 5.32 Å². The smallest absolute Gasteiger partial charge is 0.0371 e. The Labute approximate surface area is 149 Å². The van der Waals surface area contributed by atoms with Crippen molar-refractivity contribution in [3.05, 3.63) is 67.2 Å². The number of halogens is 2. The molecule has 1 N–H and O–H groups in total. The van der Waals surface area contributed by atoms with E-state index in [0.717, 1.165) is 23.9 Å². The predicted octanol–water partition coefficient (Wildman–Crippen LogP) is 5.65. The Hall–Kier alpha value is -0.390. The Morgan fingerprint density at radius 2 is 1.95 bits per heavy atom. The van der Waals surface area contributed by atoms with E-state index in [1.165, 1.54) is 20.3 Å². The summed E-state index contributed by atoms with van der Waals surface area (Å²) in [4.78, 5) is 0. The van der Waals surface area contributed by atoms with Crippen molar-refractivity contribution < 1.29 is 0 Å². The van der Waals surface area contributed by atoms with Crippen LogP contribution in [0.15, 0.2) is 46.9 Å². The Bertz CT molecular complexity index is 598. The lowest BCUT2D eigenvalue weighted by Crippen LogP contribution is -2.25. The SMILES string of the molecule is CCCNC(Cc1ccccc1C)c1cc(Br)ccc1I. The molecule has 0 aliphatic carbocycles. The Morgan fingerprint density at radius 1 is 1.19 bits per heavy atom. The number of hydrogen-bond acceptors (Lipinski definition) is 1. The van der Waals surface area contributed by atoms with Crippen LogP contribution in [0.25, 0.3) is 0 Å². The van der Waals surface area contributed by atoms with Crippen LogP contribution in [0.1, 0.15) is 36.1 Å². The van der Waals surface area contributed by atoms with Crippen LogP contribution in [0, 0.1) is 10.5 Å². The Morgan fingerprint density at radius 3 is 2.67 bits per heavy atom. The highest BCUT2D eigenvalue weighted by Crippen LogP contribution is 2.27. The van der Waals surface area contributed by atoms with Crippen molar-refractivity contribution in [2.75, 3.05) is 6.54 Å². The van der Waals surface area contributed by atoms with E-state index in [0.29, 0.717) is 6.04 Å². The maximum Gasteiger partial charge on any atom is 0.0371 e. The van der Waals surface area contributed by atoms with Gasteiger partial charge in [-0.1, -0.05) is 47.1 Å². The zero-order chi connectivity index (χ0) is 15.2. The summed E-state index contributed by atoms with van der Waals surface area (Å²) in [7, 11) is 0. The second-order valence-corrected chi connectivity index (χ2v) is 7.38. The molecular weight excluding hydrogens is 437 g/mol. The maximum atomic E-state index is 3.70. The molecule has 0 saturated carbocycles. The van der Waals surface area contributed by atoms with Crippen LogP contribution in [0.2, 0.25) is 0 Å². The van der Waals surface area contributed by atoms with Gasteiger partial charge in [-0.2, -0.15) is 0 Å². The van der Waals surface area contributed by atoms with Crippen LogP contribution in [0.3, 0.4) is 0 Å². The first-order valence-corrected chi connectivity index (χ1v) is 9.21. The highest BCUT2D eigenvalue weighted by molar-refractivity contribution is 14.1. The molecule has 0 heterocycles. The van der Waals surface area contributed by atoms with Crippen LogP contribution in [-0.4, -0.2) is 6.54 Å². The standard InChI is InChI=1S/C18H21BrIN/c1-3-10-21-18(11-14-7-5-4-6-13(14)2)16-12-15(19)8-9-17(16)20/h4-9,12,18,21H,3,10-11H2,1-2H3. The second-order valence-electron chi connectivity index (χ2n) is 5.30. The van der Waals surface area contributed by atoms with Gasteiger partial charge >= 0.3 is 0 Å². The molecule has 1 unspecified atom stereocenters. The Kier molecular flexibility index (Phi) is 6.71. The number of aryl methyl sites for hydroxylation is 1. The van der Waals surface area contributed by atoms with E-state index in [4.69, 9.17) is 0 Å². The summed E-state index contributed by atoms with van der Waals surface area (Å²) in [6, 6.07) is 15.6. The molecule has 0 fully saturated rings. The third kappa shape index (κ3) is 4.80. The number of rotatable bonds is 6. The lowest BCUT2D eigenvalue weighted by molar-refractivity contribution is 0.526. The quantitative estimate of drug-likeness (QED) is 0.553. The molecule has 0 aliphatic rings. The highest BCUT2D eigenvalue weighted by Gasteiger charge is 2.15. The lowest BCUT2D eigenvalue weighted by Gasteiger charge is -2.22. The fourth-order valence-electron chi connectivity index (χ4n) is 2.45. The molecule has 0 radical (unpaired) electrons. The fraction of sp³-hybridized carbons (Fsp3) is 0.333. The lowest BCUT2D eigenvalue weighted by atomic mass is 9.96. The van der Waals surface area contributed by atoms with E-state index >= 15 is 0 Å². The third-order valence-electron chi connectivity index (χ3n) is 3.66. The minimum absolute atomic E-state index is 0.357. The zero-order valence-corrected chi connectivity index (χ0v) is 16.2. The van der Waals surface area contributed by atoms with Gasteiger partial charge in [0, 0.05) is 14.1 Å². The van der Waals surface area contributed by atoms with Crippen molar-refractivity contribution >= 4 is 38.5 Å². The molecule has 0 aliphatic heterocycles. The fourth-order valence-corrected chi connectivity index (χ4v) is 3.54. The number of benzene rings is 2. The van der Waals surface area contributed by atoms with Crippen LogP contribution in [-0.2, 0) is 6.42 Å². The van der Waals surface area contributed by atoms with Crippen LogP contribution >= 0.6 is 38.5 Å². The molecular formula is C18H21BrIN. The monoisotopic (exact) mass is 457 g/mol. The molecule has 1 atom stereocenters. The summed E-state index contributed by atoms with van der Waals surface area (Å²) in [5.41, 5.74) is 4.16. The first kappa shape index (κ1) is 17.0. The summed E-state index contributed by atoms with van der Waals surface area (Å²) in [5.74, 6) is 0. The first-order valence-electron chi connectivity index (χ1n) is 7.34. The normalized spacial score (nSPS) is 12.4. The topological polar surface area (TPSA) is 12.0 Å². The van der Waals surface area contributed by atoms with Gasteiger partial charge < -0.3 is 5.32 Å². The summed E-state index contributed by atoms with van der Waals surface area (Å²) in [5, 5.41) is 3.70. The van der Waals surface area contributed by atoms with Crippen molar-refractivity contribution in [3.8, 4) is 0 Å². The van der Waals surface area contributed by atoms with Gasteiger partial charge in [-0.15, -0.1) is 0 Å². The molecule has 1 nitrogen and oxygen atoms in total. The summed E-state index contributed by atoms with van der Waals surface area (Å²) >= 11 is 6.04. The summed E-state index contributed by atoms with van der Waals surface area (Å²) in [6.45, 7) is 5.45. The molecule has 0 aromatic heterocycles. The average Bonchev–Trinajstić information content (AvgIpc) is 2.48. The minimum Gasteiger partial charge on any atom is -0.310 e. The van der Waals surface area contributed by atoms with Crippen LogP contribution in [0.5, 0.6) is 0 Å². The van der Waals surface area contributed by atoms with Gasteiger partial charge in [0.05, 0.1) is 0 Å². The van der Waals surface area contributed by atoms with Crippen LogP contribution in [0.4, 0.5) is 0 Å². The van der Waals surface area contributed by atoms with Gasteiger partial charge in [0.25, 0.3) is 0 Å². The molecule has 2 rings (SSSR count). The molecule has 3 heteroatoms. The summed E-state index contributed by atoms with van der Waals surface area (Å²) in [6.07, 6.45) is 2.17. The van der Waals surface area contributed by atoms with Crippen molar-refractivity contribution in [3.63, 3.8) is 0 Å². The van der Waals surface area contributed by atoms with Crippen LogP contribution < -0.4 is 5.32 Å². The van der Waals surface area contributed by atoms with E-state index in [9.17, 15) is 0 Å². The molecule has 0 amide bonds. The van der Waals surface area contributed by atoms with E-state index in [2.05, 4.69) is 100 Å². The highest BCUT2D eigenvalue weighted by atomic mass is 127. The second kappa shape index (κ2) is 8.30. The van der Waals surface area contributed by atoms with E-state index < -0.39 is 0 Å². The number of hydrogen-bond donors (Lipinski definition) is 1. The van der Waals surface area contributed by atoms with Gasteiger partial charge in [-0.3, -0.25) is 0 Å². The molecule has 0 spiro atoms. The van der Waals surface area contributed by atoms with E-state index in [1.54, 1.807) is 0 Å². The molecule has 21 heavy (non-hydrogen) atoms. The average molecular weight is 458 g/mol. The number of nitrogens with one attached hydrogen (secondary N) is 1. The predicted molar refractivity (Wildman–Crippen MR) is 103 cm³/mol. The zero-order valence-electron chi connectivity index (χ0n) is 12.5. The van der Waals surface area contributed by atoms with Gasteiger partial charge in [-0.25, -0.2) is 0 Å². The van der Waals surface area contributed by atoms with Gasteiger partial charge in [-0.05, 0) is 83.8 Å². The van der Waals surface area contributed by atoms with Gasteiger partial charge in [0.15, 0.2) is 0 Å². The molecule has 2 aromatic carbocycles. The van der Waals surface area contributed by atoms with Gasteiger partial charge in [0.2, 0.25) is 0 Å². The van der Waals surface area contributed by atoms with Gasteiger partial charge in [0.1, 0.15) is 0 Å². The molecule has 0 bridgehead atoms.